The van der Waals surface area contributed by atoms with Crippen LogP contribution in [0.1, 0.15) is 78.3 Å². The van der Waals surface area contributed by atoms with Crippen molar-refractivity contribution in [3.8, 4) is 0 Å². The van der Waals surface area contributed by atoms with Crippen molar-refractivity contribution in [2.75, 3.05) is 0 Å². The number of carbonyl (C=O) groups excluding carboxylic acids is 2. The van der Waals surface area contributed by atoms with Crippen molar-refractivity contribution in [1.29, 1.82) is 0 Å². The second-order valence-electron chi connectivity index (χ2n) is 10.2. The molecular formula is C27H40N2O4. The molecule has 3 rings (SSSR count). The third-order valence-electron chi connectivity index (χ3n) is 7.30. The van der Waals surface area contributed by atoms with Gasteiger partial charge in [0.15, 0.2) is 0 Å². The van der Waals surface area contributed by atoms with Gasteiger partial charge in [-0.15, -0.1) is 0 Å². The van der Waals surface area contributed by atoms with Crippen molar-refractivity contribution in [2.24, 2.45) is 30.7 Å². The first-order valence-corrected chi connectivity index (χ1v) is 12.4. The highest BCUT2D eigenvalue weighted by atomic mass is 16.5. The highest BCUT2D eigenvalue weighted by Gasteiger charge is 2.39. The molecule has 2 aliphatic carbocycles. The second-order valence-corrected chi connectivity index (χ2v) is 10.2. The Hall–Kier alpha value is -2.37. The highest BCUT2D eigenvalue weighted by Crippen LogP contribution is 2.45. The molecule has 1 aromatic rings. The molecule has 0 spiro atoms. The van der Waals surface area contributed by atoms with E-state index in [2.05, 4.69) is 31.8 Å². The van der Waals surface area contributed by atoms with E-state index in [1.165, 1.54) is 18.6 Å². The zero-order chi connectivity index (χ0) is 24.0. The maximum atomic E-state index is 12.6. The quantitative estimate of drug-likeness (QED) is 0.333. The van der Waals surface area contributed by atoms with Gasteiger partial charge in [-0.1, -0.05) is 25.5 Å². The third kappa shape index (κ3) is 7.31. The molecule has 1 heterocycles. The number of allylic oxidation sites excluding steroid dienone is 2. The normalized spacial score (nSPS) is 28.8. The lowest BCUT2D eigenvalue weighted by atomic mass is 9.64. The van der Waals surface area contributed by atoms with Crippen molar-refractivity contribution >= 4 is 18.0 Å². The average molecular weight is 457 g/mol. The van der Waals surface area contributed by atoms with Crippen LogP contribution in [0.3, 0.4) is 0 Å². The van der Waals surface area contributed by atoms with Crippen molar-refractivity contribution < 1.29 is 19.1 Å². The van der Waals surface area contributed by atoms with Crippen LogP contribution >= 0.6 is 0 Å². The Labute approximate surface area is 198 Å². The van der Waals surface area contributed by atoms with E-state index in [1.54, 1.807) is 12.4 Å². The molecule has 0 N–H and O–H groups in total. The number of carbonyl (C=O) groups is 2. The van der Waals surface area contributed by atoms with E-state index < -0.39 is 0 Å². The Bertz CT molecular complexity index is 869. The molecule has 0 saturated heterocycles. The summed E-state index contributed by atoms with van der Waals surface area (Å²) in [6.07, 6.45) is 15.4. The molecule has 1 aromatic heterocycles. The number of imidazole rings is 1. The number of nitrogens with zero attached hydrogens (tertiary/aromatic N) is 2. The van der Waals surface area contributed by atoms with Gasteiger partial charge in [0.25, 0.3) is 0 Å². The van der Waals surface area contributed by atoms with Crippen LogP contribution in [0.25, 0.3) is 6.08 Å². The first-order chi connectivity index (χ1) is 15.7. The van der Waals surface area contributed by atoms with Gasteiger partial charge in [-0.25, -0.2) is 9.78 Å². The Morgan fingerprint density at radius 3 is 2.45 bits per heavy atom. The van der Waals surface area contributed by atoms with E-state index >= 15 is 0 Å². The fraction of sp³-hybridized carbons (Fsp3) is 0.667. The molecule has 0 aliphatic heterocycles. The largest absolute Gasteiger partial charge is 0.463 e. The van der Waals surface area contributed by atoms with Gasteiger partial charge in [0.05, 0.1) is 12.0 Å². The van der Waals surface area contributed by atoms with Gasteiger partial charge in [-0.3, -0.25) is 4.79 Å². The SMILES string of the molecule is CC(=O)OC1CCCCC(OC(=O)/C=C/c2cn(C)cn2)CC2C(C)=CCC(C(C)C)C2C1. The predicted octanol–water partition coefficient (Wildman–Crippen LogP) is 5.49. The predicted molar refractivity (Wildman–Crippen MR) is 129 cm³/mol. The first kappa shape index (κ1) is 25.3. The average Bonchev–Trinajstić information content (AvgIpc) is 3.16. The molecule has 1 fully saturated rings. The molecule has 0 aromatic carbocycles. The lowest BCUT2D eigenvalue weighted by Crippen LogP contribution is -2.37. The summed E-state index contributed by atoms with van der Waals surface area (Å²) >= 11 is 0. The van der Waals surface area contributed by atoms with Gasteiger partial charge in [0, 0.05) is 26.2 Å². The molecule has 182 valence electrons. The minimum Gasteiger partial charge on any atom is -0.463 e. The fourth-order valence-electron chi connectivity index (χ4n) is 5.64. The van der Waals surface area contributed by atoms with Crippen LogP contribution in [-0.2, 0) is 26.1 Å². The molecular weight excluding hydrogens is 416 g/mol. The van der Waals surface area contributed by atoms with E-state index in [0.717, 1.165) is 50.6 Å². The Kier molecular flexibility index (Phi) is 8.93. The molecule has 1 saturated carbocycles. The summed E-state index contributed by atoms with van der Waals surface area (Å²) in [6.45, 7) is 8.29. The van der Waals surface area contributed by atoms with E-state index in [1.807, 2.05) is 17.8 Å². The zero-order valence-electron chi connectivity index (χ0n) is 20.8. The first-order valence-electron chi connectivity index (χ1n) is 12.4. The van der Waals surface area contributed by atoms with Gasteiger partial charge < -0.3 is 14.0 Å². The van der Waals surface area contributed by atoms with Gasteiger partial charge in [0.1, 0.15) is 12.2 Å². The Morgan fingerprint density at radius 2 is 1.85 bits per heavy atom. The highest BCUT2D eigenvalue weighted by molar-refractivity contribution is 5.86. The summed E-state index contributed by atoms with van der Waals surface area (Å²) in [7, 11) is 1.90. The van der Waals surface area contributed by atoms with Gasteiger partial charge in [-0.05, 0) is 81.6 Å². The molecule has 0 bridgehead atoms. The lowest BCUT2D eigenvalue weighted by molar-refractivity contribution is -0.150. The fourth-order valence-corrected chi connectivity index (χ4v) is 5.64. The standard InChI is InChI=1S/C27H40N2O4/c1-18(2)24-12-10-19(3)25-14-23(33-27(31)13-11-21-16-29(5)17-28-21)9-7-6-8-22(15-26(24)25)32-20(4)30/h10-11,13,16-18,22-26H,6-9,12,14-15H2,1-5H3/b13-11+. The number of fused-ring (bicyclic) bond motifs is 1. The van der Waals surface area contributed by atoms with Crippen LogP contribution in [0.15, 0.2) is 30.2 Å². The second kappa shape index (κ2) is 11.7. The number of aryl methyl sites for hydroxylation is 1. The minimum atomic E-state index is -0.310. The maximum Gasteiger partial charge on any atom is 0.331 e. The number of hydrogen-bond donors (Lipinski definition) is 0. The number of esters is 2. The maximum absolute atomic E-state index is 12.6. The van der Waals surface area contributed by atoms with E-state index in [4.69, 9.17) is 9.47 Å². The van der Waals surface area contributed by atoms with Crippen molar-refractivity contribution in [1.82, 2.24) is 9.55 Å². The molecule has 6 nitrogen and oxygen atoms in total. The third-order valence-corrected chi connectivity index (χ3v) is 7.30. The van der Waals surface area contributed by atoms with Crippen LogP contribution in [0.5, 0.6) is 0 Å². The van der Waals surface area contributed by atoms with Crippen molar-refractivity contribution in [2.45, 2.75) is 84.8 Å². The van der Waals surface area contributed by atoms with Crippen LogP contribution in [0.2, 0.25) is 0 Å². The molecule has 2 aliphatic rings. The lowest BCUT2D eigenvalue weighted by Gasteiger charge is -2.43. The summed E-state index contributed by atoms with van der Waals surface area (Å²) in [5.74, 6) is 1.34. The van der Waals surface area contributed by atoms with Gasteiger partial charge >= 0.3 is 11.9 Å². The van der Waals surface area contributed by atoms with Gasteiger partial charge in [0.2, 0.25) is 0 Å². The van der Waals surface area contributed by atoms with Crippen molar-refractivity contribution in [3.05, 3.63) is 35.9 Å². The van der Waals surface area contributed by atoms with E-state index in [9.17, 15) is 9.59 Å². The number of hydrogen-bond acceptors (Lipinski definition) is 5. The van der Waals surface area contributed by atoms with Crippen LogP contribution < -0.4 is 0 Å². The minimum absolute atomic E-state index is 0.0254. The Morgan fingerprint density at radius 1 is 1.15 bits per heavy atom. The van der Waals surface area contributed by atoms with Gasteiger partial charge in [-0.2, -0.15) is 0 Å². The summed E-state index contributed by atoms with van der Waals surface area (Å²) in [5.41, 5.74) is 2.12. The number of ether oxygens (including phenoxy) is 2. The topological polar surface area (TPSA) is 70.4 Å². The molecule has 33 heavy (non-hydrogen) atoms. The number of rotatable bonds is 5. The summed E-state index contributed by atoms with van der Waals surface area (Å²) in [4.78, 5) is 28.6. The molecule has 5 atom stereocenters. The smallest absolute Gasteiger partial charge is 0.331 e. The molecule has 0 amide bonds. The zero-order valence-corrected chi connectivity index (χ0v) is 20.8. The van der Waals surface area contributed by atoms with Crippen LogP contribution in [0.4, 0.5) is 0 Å². The molecule has 6 heteroatoms. The molecule has 0 radical (unpaired) electrons. The Balaban J connectivity index is 1.76. The summed E-state index contributed by atoms with van der Waals surface area (Å²) < 4.78 is 13.6. The van der Waals surface area contributed by atoms with Crippen molar-refractivity contribution in [3.63, 3.8) is 0 Å². The monoisotopic (exact) mass is 456 g/mol. The summed E-state index contributed by atoms with van der Waals surface area (Å²) in [5, 5.41) is 0. The number of aromatic nitrogens is 2. The van der Waals surface area contributed by atoms with E-state index in [-0.39, 0.29) is 24.1 Å². The molecule has 5 unspecified atom stereocenters. The summed E-state index contributed by atoms with van der Waals surface area (Å²) in [6, 6.07) is 0. The van der Waals surface area contributed by atoms with E-state index in [0.29, 0.717) is 23.7 Å². The van der Waals surface area contributed by atoms with Crippen LogP contribution in [-0.4, -0.2) is 33.7 Å². The van der Waals surface area contributed by atoms with Crippen LogP contribution in [0, 0.1) is 23.7 Å².